The molecule has 0 aliphatic rings. The number of amides is 1. The lowest BCUT2D eigenvalue weighted by atomic mass is 10.0. The molecule has 3 aromatic carbocycles. The molecule has 5 nitrogen and oxygen atoms in total. The molecule has 164 valence electrons. The number of carbonyl (C=O) groups is 1. The van der Waals surface area contributed by atoms with Gasteiger partial charge in [0.1, 0.15) is 11.6 Å². The first kappa shape index (κ1) is 21.6. The summed E-state index contributed by atoms with van der Waals surface area (Å²) in [7, 11) is 0. The monoisotopic (exact) mass is 427 g/mol. The van der Waals surface area contributed by atoms with Crippen molar-refractivity contribution in [1.82, 2.24) is 14.9 Å². The SMILES string of the molecule is CC(C)c1ccc(Cn2c(CCNC(=O)COc3ccccc3)nc3ccccc32)cc1. The topological polar surface area (TPSA) is 56.2 Å². The van der Waals surface area contributed by atoms with Gasteiger partial charge in [-0.1, -0.05) is 68.4 Å². The molecule has 0 fully saturated rings. The number of nitrogens with zero attached hydrogens (tertiary/aromatic N) is 2. The molecule has 0 spiro atoms. The predicted octanol–water partition coefficient (Wildman–Crippen LogP) is 4.95. The van der Waals surface area contributed by atoms with Gasteiger partial charge in [0.05, 0.1) is 11.0 Å². The normalized spacial score (nSPS) is 11.1. The van der Waals surface area contributed by atoms with Crippen LogP contribution in [-0.2, 0) is 17.8 Å². The van der Waals surface area contributed by atoms with E-state index in [4.69, 9.17) is 9.72 Å². The molecule has 5 heteroatoms. The molecule has 1 amide bonds. The van der Waals surface area contributed by atoms with Gasteiger partial charge in [-0.2, -0.15) is 0 Å². The van der Waals surface area contributed by atoms with E-state index < -0.39 is 0 Å². The van der Waals surface area contributed by atoms with E-state index in [1.165, 1.54) is 11.1 Å². The van der Waals surface area contributed by atoms with E-state index in [-0.39, 0.29) is 12.5 Å². The van der Waals surface area contributed by atoms with Crippen LogP contribution in [0.25, 0.3) is 11.0 Å². The average Bonchev–Trinajstić information content (AvgIpc) is 3.16. The molecule has 0 saturated carbocycles. The minimum Gasteiger partial charge on any atom is -0.484 e. The Morgan fingerprint density at radius 1 is 0.969 bits per heavy atom. The zero-order valence-electron chi connectivity index (χ0n) is 18.6. The number of fused-ring (bicyclic) bond motifs is 1. The van der Waals surface area contributed by atoms with Gasteiger partial charge >= 0.3 is 0 Å². The maximum absolute atomic E-state index is 12.2. The lowest BCUT2D eigenvalue weighted by molar-refractivity contribution is -0.123. The highest BCUT2D eigenvalue weighted by molar-refractivity contribution is 5.78. The Morgan fingerprint density at radius 2 is 1.69 bits per heavy atom. The highest BCUT2D eigenvalue weighted by atomic mass is 16.5. The maximum Gasteiger partial charge on any atom is 0.257 e. The third-order valence-electron chi connectivity index (χ3n) is 5.50. The Bertz CT molecular complexity index is 1160. The molecule has 0 unspecified atom stereocenters. The summed E-state index contributed by atoms with van der Waals surface area (Å²) < 4.78 is 7.76. The van der Waals surface area contributed by atoms with Crippen LogP contribution in [0, 0.1) is 0 Å². The number of nitrogens with one attached hydrogen (secondary N) is 1. The van der Waals surface area contributed by atoms with Crippen molar-refractivity contribution in [1.29, 1.82) is 0 Å². The highest BCUT2D eigenvalue weighted by Gasteiger charge is 2.12. The number of hydrogen-bond acceptors (Lipinski definition) is 3. The second kappa shape index (κ2) is 10.1. The summed E-state index contributed by atoms with van der Waals surface area (Å²) in [4.78, 5) is 17.0. The van der Waals surface area contributed by atoms with Crippen LogP contribution in [0.15, 0.2) is 78.9 Å². The van der Waals surface area contributed by atoms with Crippen LogP contribution in [0.5, 0.6) is 5.75 Å². The first-order valence-electron chi connectivity index (χ1n) is 11.1. The van der Waals surface area contributed by atoms with Crippen molar-refractivity contribution in [2.75, 3.05) is 13.2 Å². The number of carbonyl (C=O) groups excluding carboxylic acids is 1. The minimum atomic E-state index is -0.138. The zero-order valence-corrected chi connectivity index (χ0v) is 18.6. The van der Waals surface area contributed by atoms with Crippen molar-refractivity contribution < 1.29 is 9.53 Å². The molecule has 4 rings (SSSR count). The molecule has 0 atom stereocenters. The summed E-state index contributed by atoms with van der Waals surface area (Å²) in [5.41, 5.74) is 4.65. The molecule has 0 saturated heterocycles. The van der Waals surface area contributed by atoms with Crippen LogP contribution in [0.2, 0.25) is 0 Å². The van der Waals surface area contributed by atoms with Crippen LogP contribution >= 0.6 is 0 Å². The molecule has 1 heterocycles. The van der Waals surface area contributed by atoms with Crippen LogP contribution in [-0.4, -0.2) is 28.6 Å². The van der Waals surface area contributed by atoms with Gasteiger partial charge in [0, 0.05) is 19.5 Å². The highest BCUT2D eigenvalue weighted by Crippen LogP contribution is 2.20. The van der Waals surface area contributed by atoms with E-state index in [0.29, 0.717) is 24.6 Å². The van der Waals surface area contributed by atoms with E-state index in [9.17, 15) is 4.79 Å². The molecule has 1 N–H and O–H groups in total. The van der Waals surface area contributed by atoms with Gasteiger partial charge in [-0.15, -0.1) is 0 Å². The van der Waals surface area contributed by atoms with Crippen LogP contribution < -0.4 is 10.1 Å². The van der Waals surface area contributed by atoms with E-state index in [2.05, 4.69) is 54.1 Å². The molecular weight excluding hydrogens is 398 g/mol. The number of rotatable bonds is 9. The smallest absolute Gasteiger partial charge is 0.257 e. The average molecular weight is 428 g/mol. The molecule has 0 bridgehead atoms. The van der Waals surface area contributed by atoms with Gasteiger partial charge < -0.3 is 14.6 Å². The third kappa shape index (κ3) is 5.35. The molecule has 1 aromatic heterocycles. The van der Waals surface area contributed by atoms with Gasteiger partial charge in [0.2, 0.25) is 0 Å². The van der Waals surface area contributed by atoms with E-state index in [1.807, 2.05) is 48.5 Å². The quantitative estimate of drug-likeness (QED) is 0.411. The maximum atomic E-state index is 12.2. The van der Waals surface area contributed by atoms with Crippen molar-refractivity contribution in [2.24, 2.45) is 0 Å². The van der Waals surface area contributed by atoms with Gasteiger partial charge in [0.15, 0.2) is 6.61 Å². The Kier molecular flexibility index (Phi) is 6.85. The molecule has 0 aliphatic carbocycles. The minimum absolute atomic E-state index is 0.00261. The van der Waals surface area contributed by atoms with E-state index in [0.717, 1.165) is 23.4 Å². The Balaban J connectivity index is 1.41. The van der Waals surface area contributed by atoms with Gasteiger partial charge in [-0.05, 0) is 41.3 Å². The Labute approximate surface area is 189 Å². The first-order chi connectivity index (χ1) is 15.6. The molecular formula is C27H29N3O2. The lowest BCUT2D eigenvalue weighted by Gasteiger charge is -2.12. The number of ether oxygens (including phenoxy) is 1. The van der Waals surface area contributed by atoms with Crippen LogP contribution in [0.1, 0.15) is 36.7 Å². The molecule has 0 radical (unpaired) electrons. The standard InChI is InChI=1S/C27H29N3O2/c1-20(2)22-14-12-21(13-15-22)18-30-25-11-7-6-10-24(25)29-26(30)16-17-28-27(31)19-32-23-8-4-3-5-9-23/h3-15,20H,16-19H2,1-2H3,(H,28,31). The Morgan fingerprint density at radius 3 is 2.44 bits per heavy atom. The van der Waals surface area contributed by atoms with E-state index in [1.54, 1.807) is 0 Å². The second-order valence-electron chi connectivity index (χ2n) is 8.20. The zero-order chi connectivity index (χ0) is 22.3. The fraction of sp³-hybridized carbons (Fsp3) is 0.259. The largest absolute Gasteiger partial charge is 0.484 e. The second-order valence-corrected chi connectivity index (χ2v) is 8.20. The van der Waals surface area contributed by atoms with E-state index >= 15 is 0 Å². The summed E-state index contributed by atoms with van der Waals surface area (Å²) in [5.74, 6) is 2.03. The number of aromatic nitrogens is 2. The van der Waals surface area contributed by atoms with Crippen LogP contribution in [0.4, 0.5) is 0 Å². The fourth-order valence-electron chi connectivity index (χ4n) is 3.71. The summed E-state index contributed by atoms with van der Waals surface area (Å²) in [5, 5.41) is 2.94. The van der Waals surface area contributed by atoms with Crippen molar-refractivity contribution in [3.63, 3.8) is 0 Å². The molecule has 32 heavy (non-hydrogen) atoms. The van der Waals surface area contributed by atoms with Crippen molar-refractivity contribution >= 4 is 16.9 Å². The summed E-state index contributed by atoms with van der Waals surface area (Å²) in [6.45, 7) is 5.67. The van der Waals surface area contributed by atoms with Gasteiger partial charge in [0.25, 0.3) is 5.91 Å². The number of benzene rings is 3. The Hall–Kier alpha value is -3.60. The summed E-state index contributed by atoms with van der Waals surface area (Å²) in [6, 6.07) is 26.3. The number of para-hydroxylation sites is 3. The third-order valence-corrected chi connectivity index (χ3v) is 5.50. The summed E-state index contributed by atoms with van der Waals surface area (Å²) >= 11 is 0. The number of imidazole rings is 1. The lowest BCUT2D eigenvalue weighted by Crippen LogP contribution is -2.31. The molecule has 4 aromatic rings. The van der Waals surface area contributed by atoms with Crippen molar-refractivity contribution in [2.45, 2.75) is 32.7 Å². The molecule has 0 aliphatic heterocycles. The van der Waals surface area contributed by atoms with Crippen LogP contribution in [0.3, 0.4) is 0 Å². The van der Waals surface area contributed by atoms with Gasteiger partial charge in [-0.25, -0.2) is 4.98 Å². The fourth-order valence-corrected chi connectivity index (χ4v) is 3.71. The van der Waals surface area contributed by atoms with Gasteiger partial charge in [-0.3, -0.25) is 4.79 Å². The predicted molar refractivity (Wildman–Crippen MR) is 128 cm³/mol. The summed E-state index contributed by atoms with van der Waals surface area (Å²) in [6.07, 6.45) is 0.649. The van der Waals surface area contributed by atoms with Crippen molar-refractivity contribution in [3.8, 4) is 5.75 Å². The number of hydrogen-bond donors (Lipinski definition) is 1. The van der Waals surface area contributed by atoms with Crippen molar-refractivity contribution in [3.05, 3.63) is 95.8 Å². The first-order valence-corrected chi connectivity index (χ1v) is 11.1.